The van der Waals surface area contributed by atoms with Crippen LogP contribution in [0.4, 0.5) is 11.4 Å². The van der Waals surface area contributed by atoms with Gasteiger partial charge in [0.2, 0.25) is 5.91 Å². The van der Waals surface area contributed by atoms with Gasteiger partial charge in [0.05, 0.1) is 37.2 Å². The molecule has 8 nitrogen and oxygen atoms in total. The molecule has 2 aliphatic rings. The standard InChI is InChI=1S/C31H34N2O6/c1-4-7-18-38-25-17-16-21(19-26(25)37-6-3)28-27-29(39-33(28)22-12-9-8-10-13-22)31(35)32(30(27)34)23-14-11-15-24(20-23)36-5-2/h8-17,19-20,27-29H,4-7,18H2,1-3H3/t27-,28+,29+/m1/s1. The normalized spacial score (nSPS) is 20.3. The first-order chi connectivity index (χ1) is 19.1. The number of fused-ring (bicyclic) bond motifs is 1. The molecular weight excluding hydrogens is 496 g/mol. The van der Waals surface area contributed by atoms with E-state index in [2.05, 4.69) is 6.92 Å². The third-order valence-electron chi connectivity index (χ3n) is 6.88. The van der Waals surface area contributed by atoms with Crippen molar-refractivity contribution in [3.05, 3.63) is 78.4 Å². The molecule has 204 valence electrons. The lowest BCUT2D eigenvalue weighted by molar-refractivity contribution is -0.126. The molecule has 2 fully saturated rings. The maximum Gasteiger partial charge on any atom is 0.266 e. The molecule has 2 heterocycles. The molecule has 0 saturated carbocycles. The smallest absolute Gasteiger partial charge is 0.266 e. The van der Waals surface area contributed by atoms with E-state index in [0.717, 1.165) is 24.1 Å². The van der Waals surface area contributed by atoms with Gasteiger partial charge in [-0.1, -0.05) is 43.7 Å². The molecule has 3 aromatic rings. The number of anilines is 2. The maximum atomic E-state index is 14.0. The minimum absolute atomic E-state index is 0.316. The highest BCUT2D eigenvalue weighted by Gasteiger charge is 2.60. The predicted octanol–water partition coefficient (Wildman–Crippen LogP) is 5.71. The number of ether oxygens (including phenoxy) is 3. The van der Waals surface area contributed by atoms with Crippen molar-refractivity contribution in [3.63, 3.8) is 0 Å². The lowest BCUT2D eigenvalue weighted by Gasteiger charge is -2.29. The van der Waals surface area contributed by atoms with Crippen LogP contribution in [0.15, 0.2) is 72.8 Å². The molecule has 2 aliphatic heterocycles. The first-order valence-electron chi connectivity index (χ1n) is 13.6. The minimum Gasteiger partial charge on any atom is -0.494 e. The Morgan fingerprint density at radius 2 is 1.54 bits per heavy atom. The number of carbonyl (C=O) groups is 2. The molecule has 3 atom stereocenters. The van der Waals surface area contributed by atoms with Crippen LogP contribution in [0.3, 0.4) is 0 Å². The second-order valence-electron chi connectivity index (χ2n) is 9.44. The first kappa shape index (κ1) is 26.6. The Bertz CT molecular complexity index is 1310. The van der Waals surface area contributed by atoms with Crippen LogP contribution in [-0.2, 0) is 14.4 Å². The molecule has 0 bridgehead atoms. The van der Waals surface area contributed by atoms with E-state index in [-0.39, 0.29) is 5.91 Å². The molecule has 0 N–H and O–H groups in total. The highest BCUT2D eigenvalue weighted by atomic mass is 16.7. The zero-order chi connectivity index (χ0) is 27.4. The third kappa shape index (κ3) is 5.16. The largest absolute Gasteiger partial charge is 0.494 e. The molecular formula is C31H34N2O6. The number of hydrogen-bond donors (Lipinski definition) is 0. The average molecular weight is 531 g/mol. The summed E-state index contributed by atoms with van der Waals surface area (Å²) in [6.07, 6.45) is 0.998. The number of hydrogen-bond acceptors (Lipinski definition) is 7. The minimum atomic E-state index is -0.963. The highest BCUT2D eigenvalue weighted by molar-refractivity contribution is 6.24. The highest BCUT2D eigenvalue weighted by Crippen LogP contribution is 2.49. The maximum absolute atomic E-state index is 14.0. The molecule has 2 amide bonds. The fourth-order valence-electron chi connectivity index (χ4n) is 5.11. The monoisotopic (exact) mass is 530 g/mol. The van der Waals surface area contributed by atoms with Crippen molar-refractivity contribution in [2.24, 2.45) is 5.92 Å². The van der Waals surface area contributed by atoms with E-state index < -0.39 is 24.0 Å². The summed E-state index contributed by atoms with van der Waals surface area (Å²) in [6.45, 7) is 7.45. The zero-order valence-corrected chi connectivity index (χ0v) is 22.5. The fraction of sp³-hybridized carbons (Fsp3) is 0.355. The van der Waals surface area contributed by atoms with E-state index >= 15 is 0 Å². The Hall–Kier alpha value is -4.04. The van der Waals surface area contributed by atoms with Crippen molar-refractivity contribution < 1.29 is 28.6 Å². The number of benzene rings is 3. The van der Waals surface area contributed by atoms with Gasteiger partial charge in [0.15, 0.2) is 17.6 Å². The molecule has 0 unspecified atom stereocenters. The van der Waals surface area contributed by atoms with E-state index in [1.165, 1.54) is 4.90 Å². The van der Waals surface area contributed by atoms with Crippen LogP contribution in [0.25, 0.3) is 0 Å². The molecule has 0 aromatic heterocycles. The summed E-state index contributed by atoms with van der Waals surface area (Å²) in [5, 5.41) is 1.68. The Labute approximate surface area is 229 Å². The number of amides is 2. The number of carbonyl (C=O) groups excluding carboxylic acids is 2. The van der Waals surface area contributed by atoms with Gasteiger partial charge in [-0.25, -0.2) is 9.96 Å². The van der Waals surface area contributed by atoms with Crippen LogP contribution >= 0.6 is 0 Å². The molecule has 8 heteroatoms. The van der Waals surface area contributed by atoms with Gasteiger partial charge in [0.25, 0.3) is 5.91 Å². The quantitative estimate of drug-likeness (QED) is 0.232. The van der Waals surface area contributed by atoms with Gasteiger partial charge in [-0.2, -0.15) is 0 Å². The summed E-state index contributed by atoms with van der Waals surface area (Å²) in [5.74, 6) is 0.375. The summed E-state index contributed by atoms with van der Waals surface area (Å²) in [6, 6.07) is 21.7. The number of imide groups is 1. The SMILES string of the molecule is CCCCOc1ccc([C@H]2[C@H]3C(=O)N(c4cccc(OCC)c4)C(=O)[C@H]3ON2c2ccccc2)cc1OCC. The van der Waals surface area contributed by atoms with Gasteiger partial charge >= 0.3 is 0 Å². The van der Waals surface area contributed by atoms with Crippen molar-refractivity contribution in [2.45, 2.75) is 45.8 Å². The van der Waals surface area contributed by atoms with Crippen LogP contribution in [-0.4, -0.2) is 37.7 Å². The Balaban J connectivity index is 1.54. The second kappa shape index (κ2) is 11.8. The van der Waals surface area contributed by atoms with E-state index in [0.29, 0.717) is 42.8 Å². The molecule has 0 aliphatic carbocycles. The van der Waals surface area contributed by atoms with Crippen molar-refractivity contribution in [2.75, 3.05) is 29.8 Å². The predicted molar refractivity (Wildman–Crippen MR) is 148 cm³/mol. The van der Waals surface area contributed by atoms with Gasteiger partial charge in [0.1, 0.15) is 11.7 Å². The van der Waals surface area contributed by atoms with E-state index in [4.69, 9.17) is 19.0 Å². The number of para-hydroxylation sites is 1. The van der Waals surface area contributed by atoms with Crippen molar-refractivity contribution >= 4 is 23.2 Å². The lowest BCUT2D eigenvalue weighted by Crippen LogP contribution is -2.37. The zero-order valence-electron chi connectivity index (χ0n) is 22.5. The molecule has 0 radical (unpaired) electrons. The topological polar surface area (TPSA) is 77.5 Å². The Morgan fingerprint density at radius 3 is 2.28 bits per heavy atom. The summed E-state index contributed by atoms with van der Waals surface area (Å²) < 4.78 is 17.5. The summed E-state index contributed by atoms with van der Waals surface area (Å²) in [5.41, 5.74) is 2.01. The van der Waals surface area contributed by atoms with E-state index in [1.807, 2.05) is 62.4 Å². The number of unbranched alkanes of at least 4 members (excludes halogenated alkanes) is 1. The van der Waals surface area contributed by atoms with Gasteiger partial charge in [0, 0.05) is 6.07 Å². The molecule has 2 saturated heterocycles. The van der Waals surface area contributed by atoms with Crippen LogP contribution in [0, 0.1) is 5.92 Å². The van der Waals surface area contributed by atoms with E-state index in [1.54, 1.807) is 29.3 Å². The van der Waals surface area contributed by atoms with Gasteiger partial charge in [-0.15, -0.1) is 0 Å². The van der Waals surface area contributed by atoms with Crippen LogP contribution in [0.2, 0.25) is 0 Å². The van der Waals surface area contributed by atoms with Crippen LogP contribution in [0.5, 0.6) is 17.2 Å². The van der Waals surface area contributed by atoms with Gasteiger partial charge in [-0.3, -0.25) is 14.4 Å². The molecule has 3 aromatic carbocycles. The van der Waals surface area contributed by atoms with E-state index in [9.17, 15) is 9.59 Å². The average Bonchev–Trinajstić information content (AvgIpc) is 3.46. The van der Waals surface area contributed by atoms with Crippen LogP contribution in [0.1, 0.15) is 45.2 Å². The summed E-state index contributed by atoms with van der Waals surface area (Å²) >= 11 is 0. The summed E-state index contributed by atoms with van der Waals surface area (Å²) in [4.78, 5) is 35.1. The molecule has 39 heavy (non-hydrogen) atoms. The summed E-state index contributed by atoms with van der Waals surface area (Å²) in [7, 11) is 0. The first-order valence-corrected chi connectivity index (χ1v) is 13.6. The second-order valence-corrected chi connectivity index (χ2v) is 9.44. The Morgan fingerprint density at radius 1 is 0.769 bits per heavy atom. The number of rotatable bonds is 11. The van der Waals surface area contributed by atoms with Gasteiger partial charge < -0.3 is 14.2 Å². The fourth-order valence-corrected chi connectivity index (χ4v) is 5.11. The van der Waals surface area contributed by atoms with Crippen molar-refractivity contribution in [3.8, 4) is 17.2 Å². The number of nitrogens with zero attached hydrogens (tertiary/aromatic N) is 2. The number of hydroxylamine groups is 1. The molecule has 0 spiro atoms. The van der Waals surface area contributed by atoms with Crippen molar-refractivity contribution in [1.29, 1.82) is 0 Å². The third-order valence-corrected chi connectivity index (χ3v) is 6.88. The Kier molecular flexibility index (Phi) is 8.02. The van der Waals surface area contributed by atoms with Crippen molar-refractivity contribution in [1.82, 2.24) is 0 Å². The lowest BCUT2D eigenvalue weighted by atomic mass is 9.90. The molecule has 5 rings (SSSR count). The van der Waals surface area contributed by atoms with Crippen LogP contribution < -0.4 is 24.2 Å². The van der Waals surface area contributed by atoms with Gasteiger partial charge in [-0.05, 0) is 62.2 Å².